The summed E-state index contributed by atoms with van der Waals surface area (Å²) in [4.78, 5) is 23.1. The van der Waals surface area contributed by atoms with Gasteiger partial charge in [0.05, 0.1) is 0 Å². The van der Waals surface area contributed by atoms with Crippen LogP contribution in [0.5, 0.6) is 5.75 Å². The molecule has 2 atom stereocenters. The van der Waals surface area contributed by atoms with Gasteiger partial charge in [-0.3, -0.25) is 4.79 Å². The van der Waals surface area contributed by atoms with E-state index in [1.165, 1.54) is 6.07 Å². The number of rotatable bonds is 6. The van der Waals surface area contributed by atoms with Gasteiger partial charge in [0.25, 0.3) is 5.91 Å². The van der Waals surface area contributed by atoms with E-state index in [1.54, 1.807) is 26.0 Å². The van der Waals surface area contributed by atoms with Crippen LogP contribution < -0.4 is 10.1 Å². The van der Waals surface area contributed by atoms with Crippen molar-refractivity contribution in [1.29, 1.82) is 0 Å². The quantitative estimate of drug-likeness (QED) is 0.838. The number of aromatic carboxylic acids is 1. The Morgan fingerprint density at radius 3 is 2.55 bits per heavy atom. The van der Waals surface area contributed by atoms with E-state index in [1.807, 2.05) is 13.8 Å². The molecule has 0 bridgehead atoms. The Hall–Kier alpha value is -2.04. The Balaban J connectivity index is 2.82. The van der Waals surface area contributed by atoms with Crippen molar-refractivity contribution in [2.24, 2.45) is 0 Å². The third-order valence-electron chi connectivity index (χ3n) is 3.04. The minimum absolute atomic E-state index is 0.0607. The van der Waals surface area contributed by atoms with E-state index >= 15 is 0 Å². The van der Waals surface area contributed by atoms with Gasteiger partial charge in [-0.25, -0.2) is 4.79 Å². The van der Waals surface area contributed by atoms with Crippen LogP contribution in [0.4, 0.5) is 0 Å². The Labute approximate surface area is 118 Å². The molecule has 0 aromatic heterocycles. The second kappa shape index (κ2) is 6.93. The van der Waals surface area contributed by atoms with Crippen LogP contribution in [-0.2, 0) is 4.79 Å². The molecule has 0 aliphatic rings. The number of benzene rings is 1. The van der Waals surface area contributed by atoms with Gasteiger partial charge in [0.2, 0.25) is 0 Å². The molecule has 1 aromatic carbocycles. The zero-order valence-corrected chi connectivity index (χ0v) is 12.3. The highest BCUT2D eigenvalue weighted by atomic mass is 16.5. The summed E-state index contributed by atoms with van der Waals surface area (Å²) in [7, 11) is 0. The molecule has 0 spiro atoms. The molecule has 0 aliphatic heterocycles. The lowest BCUT2D eigenvalue weighted by atomic mass is 10.1. The minimum atomic E-state index is -1.07. The maximum Gasteiger partial charge on any atom is 0.339 e. The Morgan fingerprint density at radius 1 is 1.35 bits per heavy atom. The number of ether oxygens (including phenoxy) is 1. The molecule has 1 amide bonds. The van der Waals surface area contributed by atoms with Crippen LogP contribution in [-0.4, -0.2) is 29.1 Å². The SMILES string of the molecule is CCC(C)NC(=O)C(C)Oc1ccc(C)cc1C(=O)O. The minimum Gasteiger partial charge on any atom is -0.480 e. The standard InChI is InChI=1S/C15H21NO4/c1-5-10(3)16-14(17)11(4)20-13-7-6-9(2)8-12(13)15(18)19/h6-8,10-11H,5H2,1-4H3,(H,16,17)(H,18,19). The van der Waals surface area contributed by atoms with E-state index in [0.717, 1.165) is 12.0 Å². The first-order valence-corrected chi connectivity index (χ1v) is 6.66. The monoisotopic (exact) mass is 279 g/mol. The molecule has 110 valence electrons. The second-order valence-electron chi connectivity index (χ2n) is 4.88. The summed E-state index contributed by atoms with van der Waals surface area (Å²) in [6.45, 7) is 7.27. The van der Waals surface area contributed by atoms with E-state index < -0.39 is 12.1 Å². The fourth-order valence-corrected chi connectivity index (χ4v) is 1.62. The highest BCUT2D eigenvalue weighted by molar-refractivity contribution is 5.91. The molecule has 0 fully saturated rings. The van der Waals surface area contributed by atoms with Crippen LogP contribution in [0, 0.1) is 6.92 Å². The van der Waals surface area contributed by atoms with Crippen LogP contribution in [0.3, 0.4) is 0 Å². The molecule has 5 heteroatoms. The molecular formula is C15H21NO4. The van der Waals surface area contributed by atoms with Gasteiger partial charge in [-0.2, -0.15) is 0 Å². The average Bonchev–Trinajstić information content (AvgIpc) is 2.40. The first-order chi connectivity index (χ1) is 9.35. The summed E-state index contributed by atoms with van der Waals surface area (Å²) in [5.41, 5.74) is 0.889. The number of amides is 1. The van der Waals surface area contributed by atoms with Gasteiger partial charge < -0.3 is 15.2 Å². The maximum atomic E-state index is 11.9. The molecule has 0 radical (unpaired) electrons. The smallest absolute Gasteiger partial charge is 0.339 e. The van der Waals surface area contributed by atoms with Crippen molar-refractivity contribution in [3.63, 3.8) is 0 Å². The zero-order chi connectivity index (χ0) is 15.3. The summed E-state index contributed by atoms with van der Waals surface area (Å²) >= 11 is 0. The topological polar surface area (TPSA) is 75.6 Å². The Morgan fingerprint density at radius 2 is 2.00 bits per heavy atom. The maximum absolute atomic E-state index is 11.9. The van der Waals surface area contributed by atoms with Crippen LogP contribution in [0.25, 0.3) is 0 Å². The van der Waals surface area contributed by atoms with Gasteiger partial charge in [0.1, 0.15) is 11.3 Å². The molecule has 2 unspecified atom stereocenters. The second-order valence-corrected chi connectivity index (χ2v) is 4.88. The molecule has 1 aromatic rings. The molecule has 2 N–H and O–H groups in total. The molecule has 0 aliphatic carbocycles. The van der Waals surface area contributed by atoms with Gasteiger partial charge >= 0.3 is 5.97 Å². The Bertz CT molecular complexity index is 499. The van der Waals surface area contributed by atoms with Gasteiger partial charge in [-0.15, -0.1) is 0 Å². The number of nitrogens with one attached hydrogen (secondary N) is 1. The third-order valence-corrected chi connectivity index (χ3v) is 3.04. The zero-order valence-electron chi connectivity index (χ0n) is 12.3. The van der Waals surface area contributed by atoms with E-state index in [2.05, 4.69) is 5.32 Å². The normalized spacial score (nSPS) is 13.4. The van der Waals surface area contributed by atoms with E-state index in [9.17, 15) is 9.59 Å². The van der Waals surface area contributed by atoms with Crippen LogP contribution >= 0.6 is 0 Å². The van der Waals surface area contributed by atoms with Gasteiger partial charge in [0.15, 0.2) is 6.10 Å². The van der Waals surface area contributed by atoms with Gasteiger partial charge in [-0.1, -0.05) is 18.6 Å². The molecule has 0 saturated heterocycles. The number of carbonyl (C=O) groups is 2. The largest absolute Gasteiger partial charge is 0.480 e. The lowest BCUT2D eigenvalue weighted by Crippen LogP contribution is -2.41. The molecule has 20 heavy (non-hydrogen) atoms. The summed E-state index contributed by atoms with van der Waals surface area (Å²) < 4.78 is 5.48. The number of carbonyl (C=O) groups excluding carboxylic acids is 1. The fraction of sp³-hybridized carbons (Fsp3) is 0.467. The van der Waals surface area contributed by atoms with Crippen molar-refractivity contribution in [2.75, 3.05) is 0 Å². The van der Waals surface area contributed by atoms with Gasteiger partial charge in [0, 0.05) is 6.04 Å². The van der Waals surface area contributed by atoms with Crippen molar-refractivity contribution in [2.45, 2.75) is 46.3 Å². The Kier molecular flexibility index (Phi) is 5.55. The number of hydrogen-bond donors (Lipinski definition) is 2. The summed E-state index contributed by atoms with van der Waals surface area (Å²) in [6, 6.07) is 4.91. The molecule has 0 saturated carbocycles. The average molecular weight is 279 g/mol. The van der Waals surface area contributed by atoms with Crippen LogP contribution in [0.15, 0.2) is 18.2 Å². The van der Waals surface area contributed by atoms with E-state index in [0.29, 0.717) is 0 Å². The number of hydrogen-bond acceptors (Lipinski definition) is 3. The molecule has 1 rings (SSSR count). The van der Waals surface area contributed by atoms with Crippen molar-refractivity contribution in [3.05, 3.63) is 29.3 Å². The van der Waals surface area contributed by atoms with Crippen molar-refractivity contribution < 1.29 is 19.4 Å². The van der Waals surface area contributed by atoms with Crippen molar-refractivity contribution in [3.8, 4) is 5.75 Å². The highest BCUT2D eigenvalue weighted by Crippen LogP contribution is 2.21. The number of carboxylic acids is 1. The summed E-state index contributed by atoms with van der Waals surface area (Å²) in [5, 5.41) is 11.9. The fourth-order valence-electron chi connectivity index (χ4n) is 1.62. The highest BCUT2D eigenvalue weighted by Gasteiger charge is 2.19. The third kappa shape index (κ3) is 4.26. The van der Waals surface area contributed by atoms with Crippen molar-refractivity contribution >= 4 is 11.9 Å². The molecule has 0 heterocycles. The summed E-state index contributed by atoms with van der Waals surface area (Å²) in [6.07, 6.45) is 0.0772. The first kappa shape index (κ1) is 16.0. The summed E-state index contributed by atoms with van der Waals surface area (Å²) in [5.74, 6) is -1.12. The number of carboxylic acid groups (broad SMARTS) is 1. The van der Waals surface area contributed by atoms with Crippen LogP contribution in [0.2, 0.25) is 0 Å². The lowest BCUT2D eigenvalue weighted by Gasteiger charge is -2.18. The first-order valence-electron chi connectivity index (χ1n) is 6.66. The predicted molar refractivity (Wildman–Crippen MR) is 76.1 cm³/mol. The van der Waals surface area contributed by atoms with Crippen LogP contribution in [0.1, 0.15) is 43.1 Å². The van der Waals surface area contributed by atoms with Crippen molar-refractivity contribution in [1.82, 2.24) is 5.32 Å². The molecule has 5 nitrogen and oxygen atoms in total. The van der Waals surface area contributed by atoms with E-state index in [4.69, 9.17) is 9.84 Å². The van der Waals surface area contributed by atoms with E-state index in [-0.39, 0.29) is 23.3 Å². The van der Waals surface area contributed by atoms with Gasteiger partial charge in [-0.05, 0) is 39.3 Å². The number of aryl methyl sites for hydroxylation is 1. The molecular weight excluding hydrogens is 258 g/mol. The predicted octanol–water partition coefficient (Wildman–Crippen LogP) is 2.38. The lowest BCUT2D eigenvalue weighted by molar-refractivity contribution is -0.127.